The summed E-state index contributed by atoms with van der Waals surface area (Å²) >= 11 is 5.33. The molecule has 2 aromatic carbocycles. The van der Waals surface area contributed by atoms with Crippen LogP contribution < -0.4 is 16.0 Å². The van der Waals surface area contributed by atoms with Gasteiger partial charge in [0.15, 0.2) is 0 Å². The lowest BCUT2D eigenvalue weighted by Crippen LogP contribution is -2.16. The molecule has 4 nitrogen and oxygen atoms in total. The van der Waals surface area contributed by atoms with Crippen molar-refractivity contribution in [3.8, 4) is 6.07 Å². The Morgan fingerprint density at radius 1 is 0.952 bits per heavy atom. The molecule has 102 valence electrons. The molecule has 0 bridgehead atoms. The number of nitrogens with zero attached hydrogens (tertiary/aromatic N) is 1. The molecule has 1 heterocycles. The van der Waals surface area contributed by atoms with Gasteiger partial charge in [0.1, 0.15) is 22.5 Å². The van der Waals surface area contributed by atoms with Gasteiger partial charge >= 0.3 is 0 Å². The lowest BCUT2D eigenvalue weighted by atomic mass is 10.2. The zero-order valence-electron chi connectivity index (χ0n) is 11.1. The quantitative estimate of drug-likeness (QED) is 0.447. The number of nitriles is 1. The fourth-order valence-corrected chi connectivity index (χ4v) is 2.33. The van der Waals surface area contributed by atoms with Gasteiger partial charge in [0.25, 0.3) is 0 Å². The van der Waals surface area contributed by atoms with Crippen molar-refractivity contribution in [2.24, 2.45) is 0 Å². The van der Waals surface area contributed by atoms with E-state index in [1.807, 2.05) is 54.6 Å². The molecule has 21 heavy (non-hydrogen) atoms. The van der Waals surface area contributed by atoms with E-state index in [0.29, 0.717) is 16.4 Å². The lowest BCUT2D eigenvalue weighted by molar-refractivity contribution is 1.42. The van der Waals surface area contributed by atoms with E-state index < -0.39 is 0 Å². The predicted octanol–water partition coefficient (Wildman–Crippen LogP) is 3.70. The molecule has 1 aliphatic rings. The third-order valence-corrected chi connectivity index (χ3v) is 3.37. The van der Waals surface area contributed by atoms with Gasteiger partial charge in [-0.3, -0.25) is 0 Å². The Hall–Kier alpha value is -2.84. The zero-order chi connectivity index (χ0) is 14.7. The molecular formula is C16H12N4S. The molecule has 0 fully saturated rings. The summed E-state index contributed by atoms with van der Waals surface area (Å²) in [4.78, 5) is 0.381. The van der Waals surface area contributed by atoms with E-state index >= 15 is 0 Å². The Balaban J connectivity index is 1.85. The highest BCUT2D eigenvalue weighted by Gasteiger charge is 2.19. The molecule has 0 radical (unpaired) electrons. The summed E-state index contributed by atoms with van der Waals surface area (Å²) in [7, 11) is 0. The smallest absolute Gasteiger partial charge is 0.129 e. The number of thiocarbonyl (C=S) groups is 1. The van der Waals surface area contributed by atoms with Crippen molar-refractivity contribution in [3.05, 3.63) is 66.0 Å². The minimum atomic E-state index is 0.380. The van der Waals surface area contributed by atoms with Crippen molar-refractivity contribution in [2.45, 2.75) is 0 Å². The monoisotopic (exact) mass is 292 g/mol. The van der Waals surface area contributed by atoms with Crippen molar-refractivity contribution >= 4 is 34.3 Å². The number of para-hydroxylation sites is 3. The number of nitrogens with one attached hydrogen (secondary N) is 3. The summed E-state index contributed by atoms with van der Waals surface area (Å²) in [6.45, 7) is 0. The first-order chi connectivity index (χ1) is 10.3. The first-order valence-electron chi connectivity index (χ1n) is 6.42. The van der Waals surface area contributed by atoms with E-state index in [0.717, 1.165) is 17.1 Å². The Bertz CT molecular complexity index is 732. The number of rotatable bonds is 2. The molecule has 0 aliphatic carbocycles. The van der Waals surface area contributed by atoms with Gasteiger partial charge in [-0.15, -0.1) is 0 Å². The van der Waals surface area contributed by atoms with Crippen LogP contribution in [-0.4, -0.2) is 4.99 Å². The molecule has 0 amide bonds. The fourth-order valence-electron chi connectivity index (χ4n) is 2.06. The second-order valence-electron chi connectivity index (χ2n) is 4.48. The average molecular weight is 292 g/mol. The van der Waals surface area contributed by atoms with Crippen molar-refractivity contribution in [2.75, 3.05) is 16.0 Å². The summed E-state index contributed by atoms with van der Waals surface area (Å²) in [5.41, 5.74) is 3.10. The van der Waals surface area contributed by atoms with Crippen LogP contribution in [0.2, 0.25) is 0 Å². The fraction of sp³-hybridized carbons (Fsp3) is 0. The first-order valence-corrected chi connectivity index (χ1v) is 6.82. The summed E-state index contributed by atoms with van der Waals surface area (Å²) < 4.78 is 0. The molecule has 0 saturated heterocycles. The van der Waals surface area contributed by atoms with Crippen molar-refractivity contribution in [1.29, 1.82) is 5.26 Å². The van der Waals surface area contributed by atoms with Crippen LogP contribution in [0, 0.1) is 11.3 Å². The largest absolute Gasteiger partial charge is 0.345 e. The van der Waals surface area contributed by atoms with E-state index in [1.54, 1.807) is 0 Å². The molecule has 0 unspecified atom stereocenters. The Morgan fingerprint density at radius 3 is 2.10 bits per heavy atom. The topological polar surface area (TPSA) is 59.9 Å². The van der Waals surface area contributed by atoms with E-state index in [9.17, 15) is 5.26 Å². The van der Waals surface area contributed by atoms with Gasteiger partial charge in [0.05, 0.1) is 11.4 Å². The van der Waals surface area contributed by atoms with Gasteiger partial charge in [-0.05, 0) is 24.3 Å². The highest BCUT2D eigenvalue weighted by Crippen LogP contribution is 2.31. The third kappa shape index (κ3) is 2.71. The second kappa shape index (κ2) is 5.65. The van der Waals surface area contributed by atoms with Crippen LogP contribution >= 0.6 is 12.2 Å². The van der Waals surface area contributed by atoms with Gasteiger partial charge in [-0.2, -0.15) is 5.26 Å². The average Bonchev–Trinajstić information content (AvgIpc) is 2.92. The Labute approximate surface area is 128 Å². The van der Waals surface area contributed by atoms with Crippen LogP contribution in [0.15, 0.2) is 66.0 Å². The van der Waals surface area contributed by atoms with Gasteiger partial charge in [-0.1, -0.05) is 42.5 Å². The minimum absolute atomic E-state index is 0.380. The molecule has 3 N–H and O–H groups in total. The molecule has 0 aromatic heterocycles. The summed E-state index contributed by atoms with van der Waals surface area (Å²) in [5, 5.41) is 18.8. The van der Waals surface area contributed by atoms with E-state index in [1.165, 1.54) is 0 Å². The van der Waals surface area contributed by atoms with Crippen LogP contribution in [-0.2, 0) is 0 Å². The van der Waals surface area contributed by atoms with Crippen molar-refractivity contribution < 1.29 is 0 Å². The number of benzene rings is 2. The highest BCUT2D eigenvalue weighted by atomic mass is 32.1. The normalized spacial score (nSPS) is 11.7. The van der Waals surface area contributed by atoms with E-state index in [2.05, 4.69) is 22.0 Å². The number of hydrogen-bond acceptors (Lipinski definition) is 4. The molecule has 3 rings (SSSR count). The van der Waals surface area contributed by atoms with Crippen LogP contribution in [0.1, 0.15) is 0 Å². The van der Waals surface area contributed by atoms with Crippen molar-refractivity contribution in [3.63, 3.8) is 0 Å². The molecule has 1 aliphatic heterocycles. The maximum atomic E-state index is 9.40. The Morgan fingerprint density at radius 2 is 1.52 bits per heavy atom. The van der Waals surface area contributed by atoms with Crippen LogP contribution in [0.4, 0.5) is 17.1 Å². The van der Waals surface area contributed by atoms with Gasteiger partial charge in [-0.25, -0.2) is 0 Å². The molecule has 2 aromatic rings. The van der Waals surface area contributed by atoms with Crippen LogP contribution in [0.25, 0.3) is 0 Å². The number of fused-ring (bicyclic) bond motifs is 1. The SMILES string of the molecule is N#CC(C(=S)Nc1ccccc1)=C1Nc2ccccc2N1. The molecular weight excluding hydrogens is 280 g/mol. The standard InChI is InChI=1S/C16H12N4S/c17-10-12(16(21)18-11-6-2-1-3-7-11)15-19-13-8-4-5-9-14(13)20-15/h1-9,19-20H,(H,18,21). The predicted molar refractivity (Wildman–Crippen MR) is 89.0 cm³/mol. The lowest BCUT2D eigenvalue weighted by Gasteiger charge is -2.09. The molecule has 0 saturated carbocycles. The van der Waals surface area contributed by atoms with Gasteiger partial charge in [0, 0.05) is 5.69 Å². The third-order valence-electron chi connectivity index (χ3n) is 3.07. The first kappa shape index (κ1) is 13.2. The van der Waals surface area contributed by atoms with Gasteiger partial charge in [0.2, 0.25) is 0 Å². The second-order valence-corrected chi connectivity index (χ2v) is 4.89. The van der Waals surface area contributed by atoms with Gasteiger partial charge < -0.3 is 16.0 Å². The van der Waals surface area contributed by atoms with E-state index in [-0.39, 0.29) is 0 Å². The summed E-state index contributed by atoms with van der Waals surface area (Å²) in [5.74, 6) is 0.604. The number of anilines is 3. The van der Waals surface area contributed by atoms with Crippen LogP contribution in [0.5, 0.6) is 0 Å². The van der Waals surface area contributed by atoms with Crippen LogP contribution in [0.3, 0.4) is 0 Å². The highest BCUT2D eigenvalue weighted by molar-refractivity contribution is 7.81. The summed E-state index contributed by atoms with van der Waals surface area (Å²) in [6, 6.07) is 19.4. The molecule has 5 heteroatoms. The van der Waals surface area contributed by atoms with E-state index in [4.69, 9.17) is 12.2 Å². The summed E-state index contributed by atoms with van der Waals surface area (Å²) in [6.07, 6.45) is 0. The van der Waals surface area contributed by atoms with Crippen molar-refractivity contribution in [1.82, 2.24) is 0 Å². The number of hydrogen-bond donors (Lipinski definition) is 3. The molecule has 0 spiro atoms. The minimum Gasteiger partial charge on any atom is -0.345 e. The maximum Gasteiger partial charge on any atom is 0.129 e. The molecule has 0 atom stereocenters. The maximum absolute atomic E-state index is 9.40. The Kier molecular flexibility index (Phi) is 3.54. The zero-order valence-corrected chi connectivity index (χ0v) is 11.9.